The van der Waals surface area contributed by atoms with Gasteiger partial charge >= 0.3 is 0 Å². The molecule has 0 spiro atoms. The van der Waals surface area contributed by atoms with E-state index in [1.54, 1.807) is 18.3 Å². The summed E-state index contributed by atoms with van der Waals surface area (Å²) >= 11 is 0. The quantitative estimate of drug-likeness (QED) is 0.387. The Morgan fingerprint density at radius 2 is 1.75 bits per heavy atom. The van der Waals surface area contributed by atoms with Crippen molar-refractivity contribution >= 4 is 5.69 Å². The fourth-order valence-corrected chi connectivity index (χ4v) is 3.75. The van der Waals surface area contributed by atoms with E-state index >= 15 is 0 Å². The summed E-state index contributed by atoms with van der Waals surface area (Å²) in [5, 5.41) is 9.42. The number of aromatic nitrogens is 3. The molecule has 0 aliphatic carbocycles. The van der Waals surface area contributed by atoms with Gasteiger partial charge in [-0.3, -0.25) is 4.98 Å². The van der Waals surface area contributed by atoms with Crippen LogP contribution < -0.4 is 4.90 Å². The largest absolute Gasteiger partial charge is 0.508 e. The number of hydrogen-bond acceptors (Lipinski definition) is 5. The first-order valence-corrected chi connectivity index (χ1v) is 11.1. The molecule has 0 fully saturated rings. The van der Waals surface area contributed by atoms with Gasteiger partial charge in [0.05, 0.1) is 5.69 Å². The van der Waals surface area contributed by atoms with Crippen molar-refractivity contribution < 1.29 is 5.11 Å². The van der Waals surface area contributed by atoms with Crippen LogP contribution in [-0.2, 0) is 19.4 Å². The van der Waals surface area contributed by atoms with Crippen LogP contribution in [0, 0.1) is 0 Å². The van der Waals surface area contributed by atoms with Crippen molar-refractivity contribution in [2.24, 2.45) is 0 Å². The van der Waals surface area contributed by atoms with E-state index in [4.69, 9.17) is 4.98 Å². The lowest BCUT2D eigenvalue weighted by Crippen LogP contribution is -2.22. The first-order valence-electron chi connectivity index (χ1n) is 11.1. The summed E-state index contributed by atoms with van der Waals surface area (Å²) in [4.78, 5) is 15.9. The first kappa shape index (κ1) is 21.5. The summed E-state index contributed by atoms with van der Waals surface area (Å²) in [6.07, 6.45) is 8.28. The second kappa shape index (κ2) is 10.5. The summed E-state index contributed by atoms with van der Waals surface area (Å²) in [7, 11) is 0. The van der Waals surface area contributed by atoms with Crippen molar-refractivity contribution in [1.82, 2.24) is 15.0 Å². The maximum absolute atomic E-state index is 9.42. The van der Waals surface area contributed by atoms with Crippen molar-refractivity contribution in [3.8, 4) is 17.0 Å². The number of anilines is 1. The second-order valence-corrected chi connectivity index (χ2v) is 7.80. The van der Waals surface area contributed by atoms with E-state index < -0.39 is 0 Å². The number of aryl methyl sites for hydroxylation is 2. The van der Waals surface area contributed by atoms with Gasteiger partial charge in [-0.1, -0.05) is 30.3 Å². The molecule has 2 heterocycles. The molecule has 5 heteroatoms. The van der Waals surface area contributed by atoms with E-state index in [1.165, 1.54) is 16.8 Å². The average molecular weight is 425 g/mol. The maximum Gasteiger partial charge on any atom is 0.128 e. The molecule has 2 aromatic carbocycles. The van der Waals surface area contributed by atoms with Gasteiger partial charge in [-0.15, -0.1) is 0 Å². The molecular formula is C27H28N4O. The first-order chi connectivity index (χ1) is 15.7. The third-order valence-corrected chi connectivity index (χ3v) is 5.49. The van der Waals surface area contributed by atoms with Gasteiger partial charge in [0.1, 0.15) is 11.6 Å². The van der Waals surface area contributed by atoms with Gasteiger partial charge in [0.2, 0.25) is 0 Å². The van der Waals surface area contributed by atoms with Crippen LogP contribution >= 0.6 is 0 Å². The number of nitrogens with zero attached hydrogens (tertiary/aromatic N) is 4. The van der Waals surface area contributed by atoms with Gasteiger partial charge in [0.25, 0.3) is 0 Å². The molecule has 0 amide bonds. The summed E-state index contributed by atoms with van der Waals surface area (Å²) in [6, 6.07) is 22.0. The topological polar surface area (TPSA) is 62.1 Å². The molecule has 2 aromatic heterocycles. The van der Waals surface area contributed by atoms with Crippen molar-refractivity contribution in [2.45, 2.75) is 32.7 Å². The van der Waals surface area contributed by atoms with Gasteiger partial charge in [0.15, 0.2) is 0 Å². The van der Waals surface area contributed by atoms with Crippen molar-refractivity contribution in [3.05, 3.63) is 102 Å². The van der Waals surface area contributed by atoms with Crippen molar-refractivity contribution in [1.29, 1.82) is 0 Å². The summed E-state index contributed by atoms with van der Waals surface area (Å²) in [5.74, 6) is 1.16. The molecule has 0 bridgehead atoms. The fraction of sp³-hybridized carbons (Fsp3) is 0.222. The highest BCUT2D eigenvalue weighted by atomic mass is 16.3. The van der Waals surface area contributed by atoms with E-state index in [0.29, 0.717) is 5.75 Å². The minimum Gasteiger partial charge on any atom is -0.508 e. The highest BCUT2D eigenvalue weighted by Gasteiger charge is 2.09. The molecule has 0 aliphatic rings. The minimum atomic E-state index is 0.300. The van der Waals surface area contributed by atoms with E-state index in [-0.39, 0.29) is 0 Å². The smallest absolute Gasteiger partial charge is 0.128 e. The van der Waals surface area contributed by atoms with Crippen molar-refractivity contribution in [2.75, 3.05) is 11.4 Å². The van der Waals surface area contributed by atoms with Crippen LogP contribution in [-0.4, -0.2) is 26.6 Å². The number of rotatable bonds is 9. The molecule has 0 saturated heterocycles. The Morgan fingerprint density at radius 3 is 2.53 bits per heavy atom. The third kappa shape index (κ3) is 5.70. The third-order valence-electron chi connectivity index (χ3n) is 5.49. The molecule has 162 valence electrons. The summed E-state index contributed by atoms with van der Waals surface area (Å²) in [6.45, 7) is 3.89. The predicted molar refractivity (Wildman–Crippen MR) is 129 cm³/mol. The Hall–Kier alpha value is -3.73. The summed E-state index contributed by atoms with van der Waals surface area (Å²) in [5.41, 5.74) is 5.60. The lowest BCUT2D eigenvalue weighted by Gasteiger charge is -2.23. The zero-order chi connectivity index (χ0) is 22.2. The number of pyridine rings is 1. The van der Waals surface area contributed by atoms with Crippen LogP contribution in [0.2, 0.25) is 0 Å². The lowest BCUT2D eigenvalue weighted by molar-refractivity contribution is 0.475. The number of phenols is 1. The highest BCUT2D eigenvalue weighted by molar-refractivity contribution is 5.65. The van der Waals surface area contributed by atoms with Crippen LogP contribution in [0.5, 0.6) is 5.75 Å². The highest BCUT2D eigenvalue weighted by Crippen LogP contribution is 2.25. The number of benzene rings is 2. The van der Waals surface area contributed by atoms with Crippen LogP contribution in [0.25, 0.3) is 11.3 Å². The van der Waals surface area contributed by atoms with E-state index in [1.807, 2.05) is 36.7 Å². The Balaban J connectivity index is 1.44. The molecule has 32 heavy (non-hydrogen) atoms. The van der Waals surface area contributed by atoms with Gasteiger partial charge in [0, 0.05) is 49.4 Å². The predicted octanol–water partition coefficient (Wildman–Crippen LogP) is 5.45. The zero-order valence-electron chi connectivity index (χ0n) is 18.4. The monoisotopic (exact) mass is 424 g/mol. The molecule has 0 saturated carbocycles. The van der Waals surface area contributed by atoms with Gasteiger partial charge in [-0.25, -0.2) is 9.97 Å². The van der Waals surface area contributed by atoms with Crippen molar-refractivity contribution in [3.63, 3.8) is 0 Å². The molecule has 0 aliphatic heterocycles. The normalized spacial score (nSPS) is 10.8. The van der Waals surface area contributed by atoms with Crippen LogP contribution in [0.1, 0.15) is 30.3 Å². The van der Waals surface area contributed by atoms with Gasteiger partial charge in [-0.2, -0.15) is 0 Å². The summed E-state index contributed by atoms with van der Waals surface area (Å²) < 4.78 is 0. The van der Waals surface area contributed by atoms with Crippen LogP contribution in [0.3, 0.4) is 0 Å². The number of aromatic hydroxyl groups is 1. The maximum atomic E-state index is 9.42. The van der Waals surface area contributed by atoms with Crippen LogP contribution in [0.4, 0.5) is 5.69 Å². The van der Waals surface area contributed by atoms with Crippen LogP contribution in [0.15, 0.2) is 85.3 Å². The molecule has 5 nitrogen and oxygen atoms in total. The lowest BCUT2D eigenvalue weighted by atomic mass is 10.1. The average Bonchev–Trinajstić information content (AvgIpc) is 2.85. The number of hydrogen-bond donors (Lipinski definition) is 1. The van der Waals surface area contributed by atoms with Gasteiger partial charge < -0.3 is 10.0 Å². The fourth-order valence-electron chi connectivity index (χ4n) is 3.75. The molecule has 4 aromatic rings. The Morgan fingerprint density at radius 1 is 0.875 bits per heavy atom. The standard InChI is InChI=1S/C27H28N4O/c1-2-31(20-22-7-5-16-28-19-22)24-9-4-8-23(18-24)26-15-17-29-27(30-26)10-3-6-21-11-13-25(32)14-12-21/h4-5,7-9,11-19,32H,2-3,6,10,20H2,1H3. The molecular weight excluding hydrogens is 396 g/mol. The molecule has 0 unspecified atom stereocenters. The second-order valence-electron chi connectivity index (χ2n) is 7.80. The zero-order valence-corrected chi connectivity index (χ0v) is 18.4. The Kier molecular flexibility index (Phi) is 7.08. The van der Waals surface area contributed by atoms with Gasteiger partial charge in [-0.05, 0) is 67.3 Å². The Labute approximate surface area is 189 Å². The Bertz CT molecular complexity index is 1130. The van der Waals surface area contributed by atoms with E-state index in [9.17, 15) is 5.11 Å². The minimum absolute atomic E-state index is 0.300. The van der Waals surface area contributed by atoms with E-state index in [2.05, 4.69) is 52.1 Å². The SMILES string of the molecule is CCN(Cc1cccnc1)c1cccc(-c2ccnc(CCCc3ccc(O)cc3)n2)c1. The molecule has 0 radical (unpaired) electrons. The molecule has 1 N–H and O–H groups in total. The molecule has 0 atom stereocenters. The molecule has 4 rings (SSSR count). The number of phenolic OH excluding ortho intramolecular Hbond substituents is 1. The van der Waals surface area contributed by atoms with E-state index in [0.717, 1.165) is 49.4 Å².